The molecule has 0 bridgehead atoms. The first-order chi connectivity index (χ1) is 20.1. The summed E-state index contributed by atoms with van der Waals surface area (Å²) in [6, 6.07) is 17.7. The number of piperazine rings is 1. The van der Waals surface area contributed by atoms with E-state index in [1.54, 1.807) is 0 Å². The van der Waals surface area contributed by atoms with Crippen LogP contribution in [0.4, 0.5) is 25.8 Å². The number of hydrogen-bond donors (Lipinski definition) is 1. The van der Waals surface area contributed by atoms with Gasteiger partial charge in [0.05, 0.1) is 24.0 Å². The van der Waals surface area contributed by atoms with Gasteiger partial charge >= 0.3 is 0 Å². The van der Waals surface area contributed by atoms with Gasteiger partial charge in [0, 0.05) is 60.6 Å². The van der Waals surface area contributed by atoms with Crippen LogP contribution in [0.25, 0.3) is 0 Å². The average Bonchev–Trinajstić information content (AvgIpc) is 3.06. The van der Waals surface area contributed by atoms with E-state index in [1.165, 1.54) is 12.1 Å². The second-order valence-electron chi connectivity index (χ2n) is 12.1. The van der Waals surface area contributed by atoms with Crippen LogP contribution in [-0.4, -0.2) is 49.3 Å². The summed E-state index contributed by atoms with van der Waals surface area (Å²) in [4.78, 5) is 33.6. The van der Waals surface area contributed by atoms with Gasteiger partial charge in [-0.3, -0.25) is 9.59 Å². The van der Waals surface area contributed by atoms with Gasteiger partial charge < -0.3 is 20.0 Å². The van der Waals surface area contributed by atoms with E-state index in [-0.39, 0.29) is 23.7 Å². The fraction of sp³-hybridized carbons (Fsp3) is 0.333. The number of nitrogens with one attached hydrogen (secondary N) is 1. The molecular weight excluding hydrogens is 558 g/mol. The summed E-state index contributed by atoms with van der Waals surface area (Å²) in [7, 11) is 0. The molecular formula is C33H33ClF2N4O2. The monoisotopic (exact) mass is 590 g/mol. The Bertz CT molecular complexity index is 1560. The van der Waals surface area contributed by atoms with Crippen molar-refractivity contribution in [3.63, 3.8) is 0 Å². The summed E-state index contributed by atoms with van der Waals surface area (Å²) in [6.45, 7) is 6.32. The van der Waals surface area contributed by atoms with Crippen molar-refractivity contribution < 1.29 is 18.4 Å². The number of para-hydroxylation sites is 2. The van der Waals surface area contributed by atoms with Crippen molar-refractivity contribution in [3.8, 4) is 0 Å². The van der Waals surface area contributed by atoms with Crippen LogP contribution in [0.15, 0.2) is 78.0 Å². The molecule has 1 saturated heterocycles. The summed E-state index contributed by atoms with van der Waals surface area (Å²) < 4.78 is 29.3. The fourth-order valence-corrected chi connectivity index (χ4v) is 6.62. The van der Waals surface area contributed by atoms with Crippen molar-refractivity contribution in [3.05, 3.63) is 100 Å². The minimum absolute atomic E-state index is 0.0634. The van der Waals surface area contributed by atoms with Crippen LogP contribution in [0.5, 0.6) is 0 Å². The standard InChI is InChI=1S/C33H33ClF2N4O2/c1-33(2)18-27-31(29(41)19-33)32(21-14-23(35)17-24(36)15-21)40(28-9-4-3-8-26(28)37-27)20-30(42)39-12-10-38(11-13-39)25-7-5-6-22(34)16-25/h3-9,14-17,32,37H,10-13,18-20H2,1-2H3. The van der Waals surface area contributed by atoms with Crippen LogP contribution in [0.1, 0.15) is 38.3 Å². The molecule has 1 N–H and O–H groups in total. The third-order valence-corrected chi connectivity index (χ3v) is 8.55. The number of carbonyl (C=O) groups is 2. The van der Waals surface area contributed by atoms with Crippen molar-refractivity contribution in [1.82, 2.24) is 4.90 Å². The van der Waals surface area contributed by atoms with E-state index in [0.29, 0.717) is 60.9 Å². The number of amides is 1. The number of rotatable bonds is 4. The highest BCUT2D eigenvalue weighted by molar-refractivity contribution is 6.30. The number of halogens is 3. The van der Waals surface area contributed by atoms with Crippen molar-refractivity contribution in [2.45, 2.75) is 32.7 Å². The lowest BCUT2D eigenvalue weighted by Gasteiger charge is -2.40. The van der Waals surface area contributed by atoms with E-state index in [1.807, 2.05) is 72.2 Å². The second kappa shape index (κ2) is 11.1. The molecule has 2 heterocycles. The summed E-state index contributed by atoms with van der Waals surface area (Å²) >= 11 is 6.19. The Balaban J connectivity index is 1.37. The van der Waals surface area contributed by atoms with E-state index in [4.69, 9.17) is 11.6 Å². The van der Waals surface area contributed by atoms with Crippen LogP contribution in [0.3, 0.4) is 0 Å². The molecule has 9 heteroatoms. The maximum absolute atomic E-state index is 14.6. The lowest BCUT2D eigenvalue weighted by atomic mass is 9.73. The van der Waals surface area contributed by atoms with E-state index < -0.39 is 17.7 Å². The van der Waals surface area contributed by atoms with Gasteiger partial charge in [-0.2, -0.15) is 0 Å². The van der Waals surface area contributed by atoms with Gasteiger partial charge in [0.15, 0.2) is 5.78 Å². The molecule has 0 saturated carbocycles. The van der Waals surface area contributed by atoms with Gasteiger partial charge in [0.2, 0.25) is 5.91 Å². The summed E-state index contributed by atoms with van der Waals surface area (Å²) in [5.41, 5.74) is 3.63. The Labute approximate surface area is 249 Å². The molecule has 1 fully saturated rings. The molecule has 1 amide bonds. The van der Waals surface area contributed by atoms with E-state index >= 15 is 0 Å². The minimum atomic E-state index is -0.846. The molecule has 42 heavy (non-hydrogen) atoms. The zero-order valence-electron chi connectivity index (χ0n) is 23.7. The maximum Gasteiger partial charge on any atom is 0.242 e. The quantitative estimate of drug-likeness (QED) is 0.372. The third-order valence-electron chi connectivity index (χ3n) is 8.32. The van der Waals surface area contributed by atoms with E-state index in [9.17, 15) is 18.4 Å². The van der Waals surface area contributed by atoms with Gasteiger partial charge in [-0.25, -0.2) is 8.78 Å². The predicted octanol–water partition coefficient (Wildman–Crippen LogP) is 6.58. The smallest absolute Gasteiger partial charge is 0.242 e. The molecule has 0 radical (unpaired) electrons. The third kappa shape index (κ3) is 5.60. The van der Waals surface area contributed by atoms with Crippen LogP contribution >= 0.6 is 11.6 Å². The first kappa shape index (κ1) is 28.2. The first-order valence-electron chi connectivity index (χ1n) is 14.2. The topological polar surface area (TPSA) is 55.9 Å². The van der Waals surface area contributed by atoms with Crippen LogP contribution in [0, 0.1) is 17.0 Å². The van der Waals surface area contributed by atoms with Gasteiger partial charge in [-0.1, -0.05) is 43.6 Å². The molecule has 6 nitrogen and oxygen atoms in total. The highest BCUT2D eigenvalue weighted by Crippen LogP contribution is 2.48. The van der Waals surface area contributed by atoms with Crippen LogP contribution in [-0.2, 0) is 9.59 Å². The summed E-state index contributed by atoms with van der Waals surface area (Å²) in [5, 5.41) is 4.14. The lowest BCUT2D eigenvalue weighted by molar-refractivity contribution is -0.130. The number of carbonyl (C=O) groups excluding carboxylic acids is 2. The molecule has 1 aliphatic carbocycles. The number of ketones is 1. The van der Waals surface area contributed by atoms with E-state index in [2.05, 4.69) is 10.2 Å². The van der Waals surface area contributed by atoms with Crippen molar-refractivity contribution >= 4 is 40.4 Å². The van der Waals surface area contributed by atoms with Crippen molar-refractivity contribution in [2.75, 3.05) is 47.8 Å². The largest absolute Gasteiger partial charge is 0.368 e. The number of Topliss-reactive ketones (excluding diaryl/α,β-unsaturated/α-hetero) is 1. The molecule has 1 unspecified atom stereocenters. The fourth-order valence-electron chi connectivity index (χ4n) is 6.44. The van der Waals surface area contributed by atoms with Gasteiger partial charge in [0.25, 0.3) is 0 Å². The Morgan fingerprint density at radius 3 is 2.38 bits per heavy atom. The molecule has 0 aromatic heterocycles. The molecule has 6 rings (SSSR count). The molecule has 1 atom stereocenters. The normalized spacial score (nSPS) is 20.1. The van der Waals surface area contributed by atoms with Crippen molar-refractivity contribution in [2.24, 2.45) is 5.41 Å². The highest BCUT2D eigenvalue weighted by Gasteiger charge is 2.42. The Morgan fingerprint density at radius 2 is 1.67 bits per heavy atom. The van der Waals surface area contributed by atoms with E-state index in [0.717, 1.165) is 23.1 Å². The van der Waals surface area contributed by atoms with Gasteiger partial charge in [0.1, 0.15) is 11.6 Å². The predicted molar refractivity (Wildman–Crippen MR) is 162 cm³/mol. The number of hydrogen-bond acceptors (Lipinski definition) is 5. The van der Waals surface area contributed by atoms with Crippen LogP contribution in [0.2, 0.25) is 5.02 Å². The zero-order chi connectivity index (χ0) is 29.6. The summed E-state index contributed by atoms with van der Waals surface area (Å²) in [5.74, 6) is -1.68. The maximum atomic E-state index is 14.6. The first-order valence-corrected chi connectivity index (χ1v) is 14.6. The molecule has 3 aromatic carbocycles. The second-order valence-corrected chi connectivity index (χ2v) is 12.5. The molecule has 0 spiro atoms. The van der Waals surface area contributed by atoms with Gasteiger partial charge in [-0.05, 0) is 59.9 Å². The average molecular weight is 591 g/mol. The Kier molecular flexibility index (Phi) is 7.43. The molecule has 3 aromatic rings. The van der Waals surface area contributed by atoms with Crippen molar-refractivity contribution in [1.29, 1.82) is 0 Å². The number of allylic oxidation sites excluding steroid dienone is 1. The van der Waals surface area contributed by atoms with Crippen LogP contribution < -0.4 is 15.1 Å². The summed E-state index contributed by atoms with van der Waals surface area (Å²) in [6.07, 6.45) is 0.884. The molecule has 2 aliphatic heterocycles. The molecule has 218 valence electrons. The Morgan fingerprint density at radius 1 is 0.952 bits per heavy atom. The lowest BCUT2D eigenvalue weighted by Crippen LogP contribution is -2.52. The minimum Gasteiger partial charge on any atom is -0.368 e. The zero-order valence-corrected chi connectivity index (χ0v) is 24.4. The number of anilines is 3. The Hall–Kier alpha value is -3.91. The number of fused-ring (bicyclic) bond motifs is 1. The van der Waals surface area contributed by atoms with Gasteiger partial charge in [-0.15, -0.1) is 0 Å². The SMILES string of the molecule is CC1(C)CC(=O)C2=C(C1)Nc1ccccc1N(CC(=O)N1CCN(c3cccc(Cl)c3)CC1)C2c1cc(F)cc(F)c1. The number of nitrogens with zero attached hydrogens (tertiary/aromatic N) is 3. The number of benzene rings is 3. The highest BCUT2D eigenvalue weighted by atomic mass is 35.5. The molecule has 3 aliphatic rings.